The predicted octanol–water partition coefficient (Wildman–Crippen LogP) is 1.72. The summed E-state index contributed by atoms with van der Waals surface area (Å²) in [5, 5.41) is 19.1. The molecule has 0 aromatic heterocycles. The lowest BCUT2D eigenvalue weighted by Gasteiger charge is -2.36. The number of carbonyl (C=O) groups is 1. The van der Waals surface area contributed by atoms with Crippen LogP contribution in [0.3, 0.4) is 0 Å². The monoisotopic (exact) mass is 293 g/mol. The first-order chi connectivity index (χ1) is 9.52. The molecule has 2 rings (SSSR count). The van der Waals surface area contributed by atoms with Crippen LogP contribution in [-0.4, -0.2) is 53.0 Å². The second-order valence-corrected chi connectivity index (χ2v) is 5.23. The van der Waals surface area contributed by atoms with Crippen molar-refractivity contribution < 1.29 is 9.90 Å². The molecule has 1 aliphatic heterocycles. The van der Waals surface area contributed by atoms with Crippen molar-refractivity contribution in [2.75, 3.05) is 26.2 Å². The molecule has 0 radical (unpaired) electrons. The summed E-state index contributed by atoms with van der Waals surface area (Å²) in [7, 11) is 0. The summed E-state index contributed by atoms with van der Waals surface area (Å²) in [4.78, 5) is 16.0. The molecule has 1 aromatic carbocycles. The van der Waals surface area contributed by atoms with Crippen molar-refractivity contribution in [2.24, 2.45) is 0 Å². The highest BCUT2D eigenvalue weighted by molar-refractivity contribution is 6.31. The lowest BCUT2D eigenvalue weighted by molar-refractivity contribution is 0.0613. The SMILES string of the molecule is CC(C#N)N1CCN(C(=O)c2cc(Cl)ccc2O)CC1. The molecule has 1 heterocycles. The number of piperazine rings is 1. The number of nitriles is 1. The molecule has 1 N–H and O–H groups in total. The number of rotatable bonds is 2. The zero-order valence-corrected chi connectivity index (χ0v) is 12.0. The molecule has 1 atom stereocenters. The van der Waals surface area contributed by atoms with Gasteiger partial charge in [0.15, 0.2) is 0 Å². The quantitative estimate of drug-likeness (QED) is 0.901. The number of hydrogen-bond acceptors (Lipinski definition) is 4. The third-order valence-electron chi connectivity index (χ3n) is 3.53. The lowest BCUT2D eigenvalue weighted by Crippen LogP contribution is -2.51. The summed E-state index contributed by atoms with van der Waals surface area (Å²) in [6, 6.07) is 6.48. The van der Waals surface area contributed by atoms with Crippen LogP contribution < -0.4 is 0 Å². The Kier molecular flexibility index (Phi) is 4.48. The Morgan fingerprint density at radius 2 is 2.05 bits per heavy atom. The van der Waals surface area contributed by atoms with E-state index in [4.69, 9.17) is 16.9 Å². The zero-order chi connectivity index (χ0) is 14.7. The number of halogens is 1. The molecule has 1 aliphatic rings. The molecule has 1 unspecified atom stereocenters. The van der Waals surface area contributed by atoms with Crippen LogP contribution >= 0.6 is 11.6 Å². The summed E-state index contributed by atoms with van der Waals surface area (Å²) >= 11 is 5.86. The minimum Gasteiger partial charge on any atom is -0.507 e. The van der Waals surface area contributed by atoms with Gasteiger partial charge in [0.05, 0.1) is 17.7 Å². The maximum atomic E-state index is 12.3. The van der Waals surface area contributed by atoms with Crippen molar-refractivity contribution in [3.05, 3.63) is 28.8 Å². The lowest BCUT2D eigenvalue weighted by atomic mass is 10.1. The van der Waals surface area contributed by atoms with Crippen molar-refractivity contribution in [1.29, 1.82) is 5.26 Å². The molecule has 106 valence electrons. The Morgan fingerprint density at radius 1 is 1.40 bits per heavy atom. The van der Waals surface area contributed by atoms with Gasteiger partial charge in [0.1, 0.15) is 5.75 Å². The fraction of sp³-hybridized carbons (Fsp3) is 0.429. The van der Waals surface area contributed by atoms with Gasteiger partial charge in [0, 0.05) is 31.2 Å². The molecule has 1 amide bonds. The van der Waals surface area contributed by atoms with Gasteiger partial charge in [0.25, 0.3) is 5.91 Å². The number of aromatic hydroxyl groups is 1. The van der Waals surface area contributed by atoms with Crippen molar-refractivity contribution >= 4 is 17.5 Å². The Hall–Kier alpha value is -1.77. The van der Waals surface area contributed by atoms with Crippen molar-refractivity contribution in [3.8, 4) is 11.8 Å². The van der Waals surface area contributed by atoms with E-state index in [0.717, 1.165) is 0 Å². The van der Waals surface area contributed by atoms with E-state index in [2.05, 4.69) is 6.07 Å². The number of phenols is 1. The van der Waals surface area contributed by atoms with E-state index in [1.807, 2.05) is 11.8 Å². The first-order valence-electron chi connectivity index (χ1n) is 6.44. The van der Waals surface area contributed by atoms with Crippen LogP contribution in [0.2, 0.25) is 5.02 Å². The minimum atomic E-state index is -0.228. The summed E-state index contributed by atoms with van der Waals surface area (Å²) in [6.45, 7) is 4.23. The Balaban J connectivity index is 2.05. The minimum absolute atomic E-state index is 0.0628. The van der Waals surface area contributed by atoms with Gasteiger partial charge in [-0.2, -0.15) is 5.26 Å². The summed E-state index contributed by atoms with van der Waals surface area (Å²) in [6.07, 6.45) is 0. The normalized spacial score (nSPS) is 17.6. The third kappa shape index (κ3) is 3.03. The van der Waals surface area contributed by atoms with Gasteiger partial charge in [-0.1, -0.05) is 11.6 Å². The topological polar surface area (TPSA) is 67.6 Å². The standard InChI is InChI=1S/C14H16ClN3O2/c1-10(9-16)17-4-6-18(7-5-17)14(20)12-8-11(15)2-3-13(12)19/h2-3,8,10,19H,4-7H2,1H3. The van der Waals surface area contributed by atoms with Crippen molar-refractivity contribution in [1.82, 2.24) is 9.80 Å². The summed E-state index contributed by atoms with van der Waals surface area (Å²) < 4.78 is 0. The second kappa shape index (κ2) is 6.12. The van der Waals surface area contributed by atoms with Gasteiger partial charge in [-0.3, -0.25) is 9.69 Å². The number of nitrogens with zero attached hydrogens (tertiary/aromatic N) is 3. The third-order valence-corrected chi connectivity index (χ3v) is 3.76. The molecule has 0 saturated carbocycles. The summed E-state index contributed by atoms with van der Waals surface area (Å²) in [5.74, 6) is -0.290. The molecule has 6 heteroatoms. The number of amides is 1. The number of benzene rings is 1. The summed E-state index contributed by atoms with van der Waals surface area (Å²) in [5.41, 5.74) is 0.222. The van der Waals surface area contributed by atoms with Gasteiger partial charge in [-0.25, -0.2) is 0 Å². The first kappa shape index (κ1) is 14.6. The Morgan fingerprint density at radius 3 is 2.65 bits per heavy atom. The van der Waals surface area contributed by atoms with Crippen molar-refractivity contribution in [2.45, 2.75) is 13.0 Å². The average molecular weight is 294 g/mol. The molecule has 20 heavy (non-hydrogen) atoms. The van der Waals surface area contributed by atoms with E-state index in [-0.39, 0.29) is 23.3 Å². The molecule has 0 aliphatic carbocycles. The van der Waals surface area contributed by atoms with Crippen LogP contribution in [0.4, 0.5) is 0 Å². The molecule has 0 bridgehead atoms. The Bertz CT molecular complexity index is 548. The van der Waals surface area contributed by atoms with Gasteiger partial charge < -0.3 is 10.0 Å². The van der Waals surface area contributed by atoms with Crippen LogP contribution in [0.1, 0.15) is 17.3 Å². The van der Waals surface area contributed by atoms with E-state index in [1.165, 1.54) is 12.1 Å². The van der Waals surface area contributed by atoms with Gasteiger partial charge >= 0.3 is 0 Å². The first-order valence-corrected chi connectivity index (χ1v) is 6.82. The highest BCUT2D eigenvalue weighted by atomic mass is 35.5. The molecular formula is C14H16ClN3O2. The second-order valence-electron chi connectivity index (χ2n) is 4.79. The average Bonchev–Trinajstić information content (AvgIpc) is 2.48. The van der Waals surface area contributed by atoms with Crippen LogP contribution in [0.25, 0.3) is 0 Å². The van der Waals surface area contributed by atoms with E-state index in [9.17, 15) is 9.90 Å². The smallest absolute Gasteiger partial charge is 0.257 e. The van der Waals surface area contributed by atoms with E-state index in [1.54, 1.807) is 11.0 Å². The van der Waals surface area contributed by atoms with Gasteiger partial charge in [0.2, 0.25) is 0 Å². The highest BCUT2D eigenvalue weighted by Crippen LogP contribution is 2.23. The highest BCUT2D eigenvalue weighted by Gasteiger charge is 2.26. The maximum absolute atomic E-state index is 12.3. The van der Waals surface area contributed by atoms with Crippen molar-refractivity contribution in [3.63, 3.8) is 0 Å². The van der Waals surface area contributed by atoms with Gasteiger partial charge in [-0.05, 0) is 25.1 Å². The van der Waals surface area contributed by atoms with Crippen LogP contribution in [0.5, 0.6) is 5.75 Å². The fourth-order valence-corrected chi connectivity index (χ4v) is 2.42. The molecular weight excluding hydrogens is 278 g/mol. The van der Waals surface area contributed by atoms with Crippen LogP contribution in [-0.2, 0) is 0 Å². The van der Waals surface area contributed by atoms with Crippen LogP contribution in [0, 0.1) is 11.3 Å². The molecule has 5 nitrogen and oxygen atoms in total. The van der Waals surface area contributed by atoms with E-state index >= 15 is 0 Å². The number of carbonyl (C=O) groups excluding carboxylic acids is 1. The predicted molar refractivity (Wildman–Crippen MR) is 75.7 cm³/mol. The molecule has 0 spiro atoms. The molecule has 1 saturated heterocycles. The van der Waals surface area contributed by atoms with Gasteiger partial charge in [-0.15, -0.1) is 0 Å². The fourth-order valence-electron chi connectivity index (χ4n) is 2.24. The van der Waals surface area contributed by atoms with E-state index < -0.39 is 0 Å². The van der Waals surface area contributed by atoms with Crippen LogP contribution in [0.15, 0.2) is 18.2 Å². The molecule has 1 aromatic rings. The zero-order valence-electron chi connectivity index (χ0n) is 11.2. The number of phenolic OH excluding ortho intramolecular Hbond substituents is 1. The number of hydrogen-bond donors (Lipinski definition) is 1. The Labute approximate surface area is 123 Å². The largest absolute Gasteiger partial charge is 0.507 e. The molecule has 1 fully saturated rings. The van der Waals surface area contributed by atoms with E-state index in [0.29, 0.717) is 31.2 Å². The maximum Gasteiger partial charge on any atom is 0.257 e.